The Bertz CT molecular complexity index is 433. The fourth-order valence-corrected chi connectivity index (χ4v) is 1.73. The molecule has 21 heavy (non-hydrogen) atoms. The van der Waals surface area contributed by atoms with Gasteiger partial charge in [0.1, 0.15) is 5.75 Å². The van der Waals surface area contributed by atoms with Crippen molar-refractivity contribution in [2.75, 3.05) is 18.5 Å². The van der Waals surface area contributed by atoms with Crippen molar-refractivity contribution in [1.29, 1.82) is 0 Å². The van der Waals surface area contributed by atoms with Crippen LogP contribution in [0.5, 0.6) is 5.75 Å². The largest absolute Gasteiger partial charge is 0.494 e. The molecule has 1 aromatic rings. The molecule has 1 rings (SSSR count). The summed E-state index contributed by atoms with van der Waals surface area (Å²) >= 11 is 0. The average Bonchev–Trinajstić information content (AvgIpc) is 2.35. The van der Waals surface area contributed by atoms with Crippen LogP contribution in [0.25, 0.3) is 0 Å². The van der Waals surface area contributed by atoms with Gasteiger partial charge in [-0.25, -0.2) is 0 Å². The number of carbonyl (C=O) groups excluding carboxylic acids is 1. The molecule has 0 saturated heterocycles. The molecule has 0 heterocycles. The predicted octanol–water partition coefficient (Wildman–Crippen LogP) is 3.44. The Hall–Kier alpha value is -1.71. The Balaban J connectivity index is 2.35. The highest BCUT2D eigenvalue weighted by Gasteiger charge is 2.12. The maximum Gasteiger partial charge on any atom is 0.239 e. The molecule has 0 fully saturated rings. The number of hydrogen-bond acceptors (Lipinski definition) is 3. The number of hydrogen-bond donors (Lipinski definition) is 2. The number of benzene rings is 1. The second-order valence-corrected chi connectivity index (χ2v) is 6.71. The second kappa shape index (κ2) is 7.91. The number of ether oxygens (including phenoxy) is 1. The summed E-state index contributed by atoms with van der Waals surface area (Å²) in [5.74, 6) is 1.49. The monoisotopic (exact) mass is 292 g/mol. The third-order valence-corrected chi connectivity index (χ3v) is 2.79. The normalized spacial score (nSPS) is 11.3. The van der Waals surface area contributed by atoms with E-state index < -0.39 is 0 Å². The molecule has 0 bridgehead atoms. The summed E-state index contributed by atoms with van der Waals surface area (Å²) in [5, 5.41) is 6.01. The van der Waals surface area contributed by atoms with Crippen LogP contribution < -0.4 is 15.4 Å². The van der Waals surface area contributed by atoms with Crippen LogP contribution in [-0.2, 0) is 4.79 Å². The quantitative estimate of drug-likeness (QED) is 0.809. The number of anilines is 1. The molecule has 1 amide bonds. The zero-order valence-electron chi connectivity index (χ0n) is 13.8. The third-order valence-electron chi connectivity index (χ3n) is 2.79. The Morgan fingerprint density at radius 1 is 1.19 bits per heavy atom. The summed E-state index contributed by atoms with van der Waals surface area (Å²) in [6.07, 6.45) is 1.05. The summed E-state index contributed by atoms with van der Waals surface area (Å²) in [7, 11) is 0. The molecule has 0 aromatic heterocycles. The summed E-state index contributed by atoms with van der Waals surface area (Å²) in [4.78, 5) is 11.7. The number of rotatable bonds is 7. The lowest BCUT2D eigenvalue weighted by Gasteiger charge is -2.20. The zero-order chi connectivity index (χ0) is 15.9. The zero-order valence-corrected chi connectivity index (χ0v) is 13.8. The van der Waals surface area contributed by atoms with E-state index in [1.807, 2.05) is 45.0 Å². The third kappa shape index (κ3) is 8.23. The van der Waals surface area contributed by atoms with Crippen molar-refractivity contribution in [2.45, 2.75) is 46.6 Å². The first-order chi connectivity index (χ1) is 9.76. The van der Waals surface area contributed by atoms with E-state index in [2.05, 4.69) is 24.5 Å². The molecule has 0 aliphatic heterocycles. The van der Waals surface area contributed by atoms with Crippen LogP contribution in [0.1, 0.15) is 41.0 Å². The van der Waals surface area contributed by atoms with Crippen molar-refractivity contribution in [2.24, 2.45) is 5.92 Å². The molecule has 0 aliphatic carbocycles. The van der Waals surface area contributed by atoms with Gasteiger partial charge in [-0.2, -0.15) is 0 Å². The Morgan fingerprint density at radius 2 is 1.81 bits per heavy atom. The van der Waals surface area contributed by atoms with Crippen LogP contribution in [-0.4, -0.2) is 24.6 Å². The number of amides is 1. The predicted molar refractivity (Wildman–Crippen MR) is 87.8 cm³/mol. The minimum absolute atomic E-state index is 0.0141. The van der Waals surface area contributed by atoms with Gasteiger partial charge in [0, 0.05) is 11.2 Å². The molecule has 0 atom stereocenters. The molecule has 4 nitrogen and oxygen atoms in total. The van der Waals surface area contributed by atoms with E-state index in [4.69, 9.17) is 4.74 Å². The van der Waals surface area contributed by atoms with E-state index in [1.165, 1.54) is 0 Å². The van der Waals surface area contributed by atoms with E-state index in [1.54, 1.807) is 0 Å². The van der Waals surface area contributed by atoms with Gasteiger partial charge in [0.25, 0.3) is 0 Å². The van der Waals surface area contributed by atoms with Gasteiger partial charge in [0.05, 0.1) is 13.2 Å². The molecule has 4 heteroatoms. The lowest BCUT2D eigenvalue weighted by Crippen LogP contribution is -2.43. The van der Waals surface area contributed by atoms with Crippen molar-refractivity contribution < 1.29 is 9.53 Å². The topological polar surface area (TPSA) is 50.4 Å². The molecule has 0 radical (unpaired) electrons. The molecule has 0 unspecified atom stereocenters. The van der Waals surface area contributed by atoms with Crippen molar-refractivity contribution in [1.82, 2.24) is 5.32 Å². The lowest BCUT2D eigenvalue weighted by atomic mass is 10.1. The molecular weight excluding hydrogens is 264 g/mol. The first-order valence-corrected chi connectivity index (χ1v) is 7.54. The van der Waals surface area contributed by atoms with Crippen LogP contribution in [0.15, 0.2) is 24.3 Å². The van der Waals surface area contributed by atoms with E-state index >= 15 is 0 Å². The maximum absolute atomic E-state index is 11.7. The van der Waals surface area contributed by atoms with Gasteiger partial charge in [-0.05, 0) is 57.4 Å². The minimum Gasteiger partial charge on any atom is -0.494 e. The second-order valence-electron chi connectivity index (χ2n) is 6.71. The molecule has 2 N–H and O–H groups in total. The summed E-state index contributed by atoms with van der Waals surface area (Å²) in [6, 6.07) is 7.69. The Labute approximate surface area is 128 Å². The highest BCUT2D eigenvalue weighted by atomic mass is 16.5. The molecule has 0 aliphatic rings. The van der Waals surface area contributed by atoms with Crippen LogP contribution >= 0.6 is 0 Å². The van der Waals surface area contributed by atoms with E-state index in [0.29, 0.717) is 5.92 Å². The van der Waals surface area contributed by atoms with Crippen LogP contribution in [0.4, 0.5) is 5.69 Å². The standard InChI is InChI=1S/C17H28N2O2/c1-13(2)10-11-21-15-8-6-14(7-9-15)18-12-16(20)19-17(3,4)5/h6-9,13,18H,10-12H2,1-5H3,(H,19,20). The summed E-state index contributed by atoms with van der Waals surface area (Å²) in [6.45, 7) is 11.3. The summed E-state index contributed by atoms with van der Waals surface area (Å²) < 4.78 is 5.66. The first kappa shape index (κ1) is 17.3. The van der Waals surface area contributed by atoms with Crippen molar-refractivity contribution >= 4 is 11.6 Å². The van der Waals surface area contributed by atoms with Crippen molar-refractivity contribution in [3.05, 3.63) is 24.3 Å². The average molecular weight is 292 g/mol. The molecule has 1 aromatic carbocycles. The van der Waals surface area contributed by atoms with Gasteiger partial charge in [-0.1, -0.05) is 13.8 Å². The van der Waals surface area contributed by atoms with Gasteiger partial charge in [0.2, 0.25) is 5.91 Å². The van der Waals surface area contributed by atoms with Crippen LogP contribution in [0, 0.1) is 5.92 Å². The molecule has 0 saturated carbocycles. The lowest BCUT2D eigenvalue weighted by molar-refractivity contribution is -0.120. The van der Waals surface area contributed by atoms with Gasteiger partial charge in [-0.3, -0.25) is 4.79 Å². The van der Waals surface area contributed by atoms with Crippen LogP contribution in [0.3, 0.4) is 0 Å². The maximum atomic E-state index is 11.7. The minimum atomic E-state index is -0.202. The van der Waals surface area contributed by atoms with Crippen molar-refractivity contribution in [3.8, 4) is 5.75 Å². The van der Waals surface area contributed by atoms with Gasteiger partial charge in [-0.15, -0.1) is 0 Å². The molecular formula is C17H28N2O2. The highest BCUT2D eigenvalue weighted by Crippen LogP contribution is 2.16. The van der Waals surface area contributed by atoms with E-state index in [0.717, 1.165) is 24.5 Å². The van der Waals surface area contributed by atoms with Crippen molar-refractivity contribution in [3.63, 3.8) is 0 Å². The van der Waals surface area contributed by atoms with E-state index in [9.17, 15) is 4.79 Å². The van der Waals surface area contributed by atoms with Gasteiger partial charge >= 0.3 is 0 Å². The van der Waals surface area contributed by atoms with Gasteiger partial charge in [0.15, 0.2) is 0 Å². The summed E-state index contributed by atoms with van der Waals surface area (Å²) in [5.41, 5.74) is 0.711. The fraction of sp³-hybridized carbons (Fsp3) is 0.588. The fourth-order valence-electron chi connectivity index (χ4n) is 1.73. The Kier molecular flexibility index (Phi) is 6.53. The Morgan fingerprint density at radius 3 is 2.33 bits per heavy atom. The molecule has 0 spiro atoms. The SMILES string of the molecule is CC(C)CCOc1ccc(NCC(=O)NC(C)(C)C)cc1. The molecule has 118 valence electrons. The first-order valence-electron chi connectivity index (χ1n) is 7.54. The highest BCUT2D eigenvalue weighted by molar-refractivity contribution is 5.81. The number of carbonyl (C=O) groups is 1. The number of nitrogens with one attached hydrogen (secondary N) is 2. The van der Waals surface area contributed by atoms with Gasteiger partial charge < -0.3 is 15.4 Å². The smallest absolute Gasteiger partial charge is 0.239 e. The van der Waals surface area contributed by atoms with E-state index in [-0.39, 0.29) is 18.0 Å². The van der Waals surface area contributed by atoms with Crippen LogP contribution in [0.2, 0.25) is 0 Å².